The third-order valence-corrected chi connectivity index (χ3v) is 8.43. The van der Waals surface area contributed by atoms with Crippen molar-refractivity contribution >= 4 is 29.6 Å². The molecule has 0 radical (unpaired) electrons. The van der Waals surface area contributed by atoms with E-state index in [1.54, 1.807) is 41.2 Å². The largest absolute Gasteiger partial charge is 0.489 e. The Morgan fingerprint density at radius 3 is 1.96 bits per heavy atom. The maximum absolute atomic E-state index is 12.8. The number of nitrogens with zero attached hydrogens (tertiary/aromatic N) is 2. The van der Waals surface area contributed by atoms with E-state index < -0.39 is 48.7 Å². The lowest BCUT2D eigenvalue weighted by molar-refractivity contribution is -0.765. The first-order valence-electron chi connectivity index (χ1n) is 16.3. The zero-order valence-electron chi connectivity index (χ0n) is 28.8. The van der Waals surface area contributed by atoms with Crippen LogP contribution in [0.1, 0.15) is 76.3 Å². The third-order valence-electron chi connectivity index (χ3n) is 8.43. The molecule has 13 heteroatoms. The zero-order valence-corrected chi connectivity index (χ0v) is 28.8. The SMILES string of the molecule is C=C(OC/C=C/COC(=O)c1ccc[n+]([C@@H]2O[C@H](COC(C)=O)[C@@H](OC(C)=O)[C@H]2C)c1)c1ccc[n+]([C@@H]2O[C@H](CC)[C@@H](C)[C@H]2OC(C)=O)c1. The number of esters is 4. The van der Waals surface area contributed by atoms with Crippen molar-refractivity contribution in [3.8, 4) is 0 Å². The molecule has 8 atom stereocenters. The normalized spacial score (nSPS) is 26.2. The highest BCUT2D eigenvalue weighted by atomic mass is 16.6. The minimum atomic E-state index is -0.666. The Morgan fingerprint density at radius 2 is 1.33 bits per heavy atom. The van der Waals surface area contributed by atoms with Gasteiger partial charge < -0.3 is 33.2 Å². The average molecular weight is 683 g/mol. The van der Waals surface area contributed by atoms with Crippen LogP contribution in [0, 0.1) is 11.8 Å². The summed E-state index contributed by atoms with van der Waals surface area (Å²) >= 11 is 0. The standard InChI is InChI=1S/C36H46N2O11/c1-8-30-22(2)33(47-27(7)41)35(48-30)38-16-11-13-28(19-38)24(4)43-17-9-10-18-44-36(42)29-14-12-15-37(20-29)34-23(3)32(46-26(6)40)31(49-34)21-45-25(5)39/h9-16,19-20,22-23,30-35H,4,8,17-18,21H2,1-3,5-7H3/q+2/b10-9+/t22-,23-,30-,31-,32+,33-,34-,35-/m1/s1. The lowest BCUT2D eigenvalue weighted by atomic mass is 9.98. The highest BCUT2D eigenvalue weighted by Crippen LogP contribution is 2.35. The summed E-state index contributed by atoms with van der Waals surface area (Å²) in [6.45, 7) is 14.1. The van der Waals surface area contributed by atoms with Gasteiger partial charge in [0.05, 0.1) is 17.6 Å². The van der Waals surface area contributed by atoms with Gasteiger partial charge in [0.2, 0.25) is 0 Å². The molecule has 264 valence electrons. The van der Waals surface area contributed by atoms with E-state index in [1.807, 2.05) is 49.9 Å². The highest BCUT2D eigenvalue weighted by Gasteiger charge is 2.50. The van der Waals surface area contributed by atoms with Crippen molar-refractivity contribution in [1.82, 2.24) is 0 Å². The topological polar surface area (TPSA) is 141 Å². The highest BCUT2D eigenvalue weighted by molar-refractivity contribution is 5.88. The molecular weight excluding hydrogens is 636 g/mol. The number of ether oxygens (including phenoxy) is 7. The first kappa shape index (κ1) is 37.2. The molecule has 0 amide bonds. The molecule has 2 saturated heterocycles. The monoisotopic (exact) mass is 682 g/mol. The van der Waals surface area contributed by atoms with Gasteiger partial charge in [0.1, 0.15) is 43.4 Å². The molecule has 0 aromatic carbocycles. The first-order valence-corrected chi connectivity index (χ1v) is 16.3. The smallest absolute Gasteiger partial charge is 0.344 e. The van der Waals surface area contributed by atoms with Crippen molar-refractivity contribution in [3.63, 3.8) is 0 Å². The van der Waals surface area contributed by atoms with E-state index >= 15 is 0 Å². The average Bonchev–Trinajstić information content (AvgIpc) is 3.55. The quantitative estimate of drug-likeness (QED) is 0.0950. The van der Waals surface area contributed by atoms with Crippen molar-refractivity contribution in [3.05, 3.63) is 78.9 Å². The van der Waals surface area contributed by atoms with E-state index in [0.717, 1.165) is 12.0 Å². The van der Waals surface area contributed by atoms with E-state index in [4.69, 9.17) is 33.2 Å². The lowest BCUT2D eigenvalue weighted by Crippen LogP contribution is -2.46. The molecule has 0 N–H and O–H groups in total. The summed E-state index contributed by atoms with van der Waals surface area (Å²) in [7, 11) is 0. The Balaban J connectivity index is 1.28. The van der Waals surface area contributed by atoms with Crippen molar-refractivity contribution in [2.45, 2.75) is 84.8 Å². The van der Waals surface area contributed by atoms with Crippen molar-refractivity contribution < 1.29 is 61.5 Å². The van der Waals surface area contributed by atoms with Crippen LogP contribution >= 0.6 is 0 Å². The summed E-state index contributed by atoms with van der Waals surface area (Å²) in [5, 5.41) is 0. The van der Waals surface area contributed by atoms with Gasteiger partial charge in [0, 0.05) is 38.8 Å². The van der Waals surface area contributed by atoms with E-state index in [-0.39, 0.29) is 43.7 Å². The molecule has 13 nitrogen and oxygen atoms in total. The van der Waals surface area contributed by atoms with Gasteiger partial charge in [0.15, 0.2) is 30.9 Å². The zero-order chi connectivity index (χ0) is 35.7. The Kier molecular flexibility index (Phi) is 13.0. The molecule has 4 heterocycles. The molecule has 0 aliphatic carbocycles. The Bertz CT molecular complexity index is 1540. The number of pyridine rings is 2. The Morgan fingerprint density at radius 1 is 0.755 bits per heavy atom. The second kappa shape index (κ2) is 17.2. The molecule has 2 aliphatic rings. The predicted octanol–water partition coefficient (Wildman–Crippen LogP) is 3.57. The van der Waals surface area contributed by atoms with Crippen LogP contribution in [-0.2, 0) is 47.5 Å². The van der Waals surface area contributed by atoms with Gasteiger partial charge in [-0.15, -0.1) is 0 Å². The fourth-order valence-electron chi connectivity index (χ4n) is 6.01. The molecule has 0 bridgehead atoms. The summed E-state index contributed by atoms with van der Waals surface area (Å²) in [6, 6.07) is 7.02. The number of aromatic nitrogens is 2. The number of hydrogen-bond donors (Lipinski definition) is 0. The van der Waals surface area contributed by atoms with Crippen LogP contribution in [0.15, 0.2) is 67.8 Å². The molecule has 2 aliphatic heterocycles. The van der Waals surface area contributed by atoms with Gasteiger partial charge in [-0.05, 0) is 37.6 Å². The van der Waals surface area contributed by atoms with Crippen LogP contribution in [0.2, 0.25) is 0 Å². The van der Waals surface area contributed by atoms with Crippen LogP contribution in [-0.4, -0.2) is 68.1 Å². The molecule has 2 aromatic heterocycles. The number of hydrogen-bond acceptors (Lipinski definition) is 11. The van der Waals surface area contributed by atoms with Crippen LogP contribution < -0.4 is 9.13 Å². The maximum Gasteiger partial charge on any atom is 0.344 e. The second-order valence-electron chi connectivity index (χ2n) is 12.1. The summed E-state index contributed by atoms with van der Waals surface area (Å²) in [6.07, 6.45) is 8.40. The van der Waals surface area contributed by atoms with Crippen molar-refractivity contribution in [2.75, 3.05) is 19.8 Å². The van der Waals surface area contributed by atoms with Gasteiger partial charge in [0.25, 0.3) is 6.23 Å². The molecule has 0 unspecified atom stereocenters. The molecular formula is C36H46N2O11+2. The van der Waals surface area contributed by atoms with Crippen molar-refractivity contribution in [2.24, 2.45) is 11.8 Å². The van der Waals surface area contributed by atoms with E-state index in [9.17, 15) is 19.2 Å². The molecule has 0 saturated carbocycles. The van der Waals surface area contributed by atoms with E-state index in [0.29, 0.717) is 11.3 Å². The predicted molar refractivity (Wildman–Crippen MR) is 172 cm³/mol. The molecule has 49 heavy (non-hydrogen) atoms. The molecule has 2 aromatic rings. The number of carbonyl (C=O) groups excluding carboxylic acids is 4. The minimum Gasteiger partial charge on any atom is -0.489 e. The van der Waals surface area contributed by atoms with E-state index in [1.165, 1.54) is 20.8 Å². The van der Waals surface area contributed by atoms with Gasteiger partial charge in [-0.2, -0.15) is 9.13 Å². The maximum atomic E-state index is 12.8. The molecule has 2 fully saturated rings. The lowest BCUT2D eigenvalue weighted by Gasteiger charge is -2.19. The van der Waals surface area contributed by atoms with Crippen LogP contribution in [0.4, 0.5) is 0 Å². The van der Waals surface area contributed by atoms with E-state index in [2.05, 4.69) is 6.58 Å². The summed E-state index contributed by atoms with van der Waals surface area (Å²) < 4.78 is 43.3. The summed E-state index contributed by atoms with van der Waals surface area (Å²) in [5.41, 5.74) is 1.03. The van der Waals surface area contributed by atoms with Crippen LogP contribution in [0.25, 0.3) is 5.76 Å². The molecule has 4 rings (SSSR count). The van der Waals surface area contributed by atoms with Gasteiger partial charge >= 0.3 is 30.1 Å². The summed E-state index contributed by atoms with van der Waals surface area (Å²) in [4.78, 5) is 47.7. The second-order valence-corrected chi connectivity index (χ2v) is 12.1. The fourth-order valence-corrected chi connectivity index (χ4v) is 6.01. The van der Waals surface area contributed by atoms with Gasteiger partial charge in [-0.3, -0.25) is 14.4 Å². The van der Waals surface area contributed by atoms with Crippen LogP contribution in [0.5, 0.6) is 0 Å². The Hall–Kier alpha value is -4.62. The summed E-state index contributed by atoms with van der Waals surface area (Å²) in [5.74, 6) is -1.68. The third kappa shape index (κ3) is 9.73. The van der Waals surface area contributed by atoms with Crippen molar-refractivity contribution in [1.29, 1.82) is 0 Å². The molecule has 0 spiro atoms. The Labute approximate surface area is 286 Å². The van der Waals surface area contributed by atoms with Crippen LogP contribution in [0.3, 0.4) is 0 Å². The fraction of sp³-hybridized carbons (Fsp3) is 0.500. The number of carbonyl (C=O) groups is 4. The minimum absolute atomic E-state index is 0.0115. The first-order chi connectivity index (χ1) is 23.4. The number of rotatable bonds is 14. The van der Waals surface area contributed by atoms with Gasteiger partial charge in [-0.25, -0.2) is 4.79 Å². The van der Waals surface area contributed by atoms with Gasteiger partial charge in [-0.1, -0.05) is 20.4 Å².